The van der Waals surface area contributed by atoms with Crippen molar-refractivity contribution in [2.24, 2.45) is 0 Å². The Morgan fingerprint density at radius 3 is 2.41 bits per heavy atom. The minimum Gasteiger partial charge on any atom is -0.497 e. The summed E-state index contributed by atoms with van der Waals surface area (Å²) in [5, 5.41) is 13.9. The highest BCUT2D eigenvalue weighted by Crippen LogP contribution is 2.30. The summed E-state index contributed by atoms with van der Waals surface area (Å²) in [6, 6.07) is 16.2. The second-order valence-corrected chi connectivity index (χ2v) is 10.2. The van der Waals surface area contributed by atoms with Crippen molar-refractivity contribution in [3.63, 3.8) is 0 Å². The van der Waals surface area contributed by atoms with Crippen molar-refractivity contribution in [1.29, 1.82) is 0 Å². The molecule has 0 radical (unpaired) electrons. The molecular weight excluding hydrogens is 464 g/mol. The molecule has 0 amide bonds. The molecule has 4 aromatic rings. The van der Waals surface area contributed by atoms with Crippen LogP contribution in [-0.4, -0.2) is 37.2 Å². The second kappa shape index (κ2) is 11.3. The molecule has 0 spiro atoms. The minimum atomic E-state index is -0.227. The summed E-state index contributed by atoms with van der Waals surface area (Å²) in [5.41, 5.74) is 3.65. The van der Waals surface area contributed by atoms with E-state index in [4.69, 9.17) is 4.74 Å². The Labute approximate surface area is 218 Å². The van der Waals surface area contributed by atoms with Gasteiger partial charge in [0.1, 0.15) is 5.75 Å². The lowest BCUT2D eigenvalue weighted by Gasteiger charge is -2.33. The van der Waals surface area contributed by atoms with Crippen LogP contribution < -0.4 is 10.3 Å². The van der Waals surface area contributed by atoms with Crippen molar-refractivity contribution in [2.45, 2.75) is 78.6 Å². The van der Waals surface area contributed by atoms with E-state index in [2.05, 4.69) is 84.3 Å². The molecule has 0 saturated carbocycles. The van der Waals surface area contributed by atoms with Crippen molar-refractivity contribution in [1.82, 2.24) is 30.1 Å². The Balaban J connectivity index is 1.77. The molecule has 2 heterocycles. The number of aromatic amines is 1. The number of methoxy groups -OCH3 is 1. The highest BCUT2D eigenvalue weighted by atomic mass is 16.5. The molecule has 0 aliphatic rings. The quantitative estimate of drug-likeness (QED) is 0.296. The van der Waals surface area contributed by atoms with Crippen molar-refractivity contribution < 1.29 is 4.74 Å². The maximum Gasteiger partial charge on any atom is 0.252 e. The molecule has 0 saturated heterocycles. The number of pyridine rings is 1. The van der Waals surface area contributed by atoms with E-state index >= 15 is 0 Å². The third-order valence-corrected chi connectivity index (χ3v) is 7.37. The van der Waals surface area contributed by atoms with Crippen LogP contribution in [0, 0.1) is 0 Å². The number of H-pyrrole nitrogens is 1. The molecule has 8 nitrogen and oxygen atoms in total. The van der Waals surface area contributed by atoms with E-state index in [9.17, 15) is 4.79 Å². The zero-order chi connectivity index (χ0) is 26.6. The number of ether oxygens (including phenoxy) is 1. The topological polar surface area (TPSA) is 88.9 Å². The van der Waals surface area contributed by atoms with Gasteiger partial charge in [0.25, 0.3) is 5.56 Å². The van der Waals surface area contributed by atoms with Gasteiger partial charge in [-0.05, 0) is 90.4 Å². The number of benzene rings is 2. The van der Waals surface area contributed by atoms with Gasteiger partial charge < -0.3 is 9.72 Å². The maximum absolute atomic E-state index is 13.2. The Morgan fingerprint density at radius 1 is 1.03 bits per heavy atom. The average molecular weight is 503 g/mol. The Hall–Kier alpha value is -3.52. The van der Waals surface area contributed by atoms with Crippen LogP contribution in [0.4, 0.5) is 0 Å². The van der Waals surface area contributed by atoms with Crippen LogP contribution in [0.25, 0.3) is 10.9 Å². The first-order chi connectivity index (χ1) is 17.8. The summed E-state index contributed by atoms with van der Waals surface area (Å²) in [7, 11) is 1.67. The first-order valence-electron chi connectivity index (χ1n) is 13.1. The molecule has 0 aliphatic carbocycles. The molecule has 2 aromatic carbocycles. The number of tetrazole rings is 1. The molecule has 1 unspecified atom stereocenters. The molecule has 0 fully saturated rings. The molecule has 2 aromatic heterocycles. The molecular formula is C29H38N6O2. The van der Waals surface area contributed by atoms with Crippen molar-refractivity contribution >= 4 is 10.9 Å². The van der Waals surface area contributed by atoms with E-state index in [1.807, 2.05) is 28.9 Å². The fourth-order valence-electron chi connectivity index (χ4n) is 4.69. The fourth-order valence-corrected chi connectivity index (χ4v) is 4.69. The smallest absolute Gasteiger partial charge is 0.252 e. The van der Waals surface area contributed by atoms with Gasteiger partial charge in [-0.1, -0.05) is 39.0 Å². The number of nitrogens with one attached hydrogen (secondary N) is 1. The number of nitrogens with zero attached hydrogens (tertiary/aromatic N) is 5. The van der Waals surface area contributed by atoms with Crippen LogP contribution in [0.1, 0.15) is 76.0 Å². The summed E-state index contributed by atoms with van der Waals surface area (Å²) >= 11 is 0. The van der Waals surface area contributed by atoms with Gasteiger partial charge in [0.2, 0.25) is 0 Å². The minimum absolute atomic E-state index is 0.0696. The fraction of sp³-hybridized carbons (Fsp3) is 0.448. The normalized spacial score (nSPS) is 12.8. The van der Waals surface area contributed by atoms with Gasteiger partial charge in [-0.25, -0.2) is 4.68 Å². The first-order valence-corrected chi connectivity index (χ1v) is 13.1. The van der Waals surface area contributed by atoms with Crippen LogP contribution in [0.2, 0.25) is 0 Å². The van der Waals surface area contributed by atoms with E-state index < -0.39 is 0 Å². The van der Waals surface area contributed by atoms with E-state index in [-0.39, 0.29) is 17.1 Å². The lowest BCUT2D eigenvalue weighted by atomic mass is 10.0. The number of aryl methyl sites for hydroxylation is 1. The molecule has 1 N–H and O–H groups in total. The number of aromatic nitrogens is 5. The van der Waals surface area contributed by atoms with Crippen LogP contribution in [0.5, 0.6) is 5.75 Å². The van der Waals surface area contributed by atoms with Gasteiger partial charge in [0.05, 0.1) is 18.7 Å². The van der Waals surface area contributed by atoms with Gasteiger partial charge >= 0.3 is 0 Å². The third kappa shape index (κ3) is 5.74. The van der Waals surface area contributed by atoms with Gasteiger partial charge in [0, 0.05) is 24.2 Å². The summed E-state index contributed by atoms with van der Waals surface area (Å²) in [5.74, 6) is 1.63. The Morgan fingerprint density at radius 2 is 1.76 bits per heavy atom. The van der Waals surface area contributed by atoms with Crippen LogP contribution in [0.3, 0.4) is 0 Å². The lowest BCUT2D eigenvalue weighted by Crippen LogP contribution is -2.36. The number of hydrogen-bond donors (Lipinski definition) is 1. The van der Waals surface area contributed by atoms with E-state index in [1.165, 1.54) is 5.56 Å². The molecule has 1 atom stereocenters. The second-order valence-electron chi connectivity index (χ2n) is 10.2. The highest BCUT2D eigenvalue weighted by Gasteiger charge is 2.31. The van der Waals surface area contributed by atoms with E-state index in [1.54, 1.807) is 7.11 Å². The first kappa shape index (κ1) is 26.5. The zero-order valence-electron chi connectivity index (χ0n) is 22.8. The van der Waals surface area contributed by atoms with Gasteiger partial charge in [-0.2, -0.15) is 0 Å². The molecule has 37 heavy (non-hydrogen) atoms. The predicted octanol–water partition coefficient (Wildman–Crippen LogP) is 5.38. The van der Waals surface area contributed by atoms with Gasteiger partial charge in [-0.3, -0.25) is 9.69 Å². The number of hydrogen-bond acceptors (Lipinski definition) is 6. The van der Waals surface area contributed by atoms with E-state index in [0.717, 1.165) is 52.9 Å². The van der Waals surface area contributed by atoms with Gasteiger partial charge in [0.15, 0.2) is 5.82 Å². The molecule has 0 aliphatic heterocycles. The number of fused-ring (bicyclic) bond motifs is 1. The van der Waals surface area contributed by atoms with Crippen molar-refractivity contribution in [3.8, 4) is 5.75 Å². The summed E-state index contributed by atoms with van der Waals surface area (Å²) in [6.45, 7) is 11.8. The number of rotatable bonds is 11. The summed E-state index contributed by atoms with van der Waals surface area (Å²) in [4.78, 5) is 18.6. The molecule has 8 heteroatoms. The van der Waals surface area contributed by atoms with Crippen molar-refractivity contribution in [3.05, 3.63) is 81.4 Å². The van der Waals surface area contributed by atoms with Crippen molar-refractivity contribution in [2.75, 3.05) is 7.11 Å². The Kier molecular flexibility index (Phi) is 8.07. The molecule has 4 rings (SSSR count). The highest BCUT2D eigenvalue weighted by molar-refractivity contribution is 5.79. The van der Waals surface area contributed by atoms with Crippen LogP contribution in [0.15, 0.2) is 53.3 Å². The zero-order valence-corrected chi connectivity index (χ0v) is 22.8. The largest absolute Gasteiger partial charge is 0.497 e. The lowest BCUT2D eigenvalue weighted by molar-refractivity contribution is 0.150. The van der Waals surface area contributed by atoms with Gasteiger partial charge in [-0.15, -0.1) is 5.10 Å². The monoisotopic (exact) mass is 502 g/mol. The summed E-state index contributed by atoms with van der Waals surface area (Å²) in [6.07, 6.45) is 2.63. The SMILES string of the molecule is CCc1ccc2[nH]c(=O)c(CN(Cc3ccc(OC)cc3)C(CC)c3nnnn3C(C)(C)CC)cc2c1. The Bertz CT molecular complexity index is 1390. The maximum atomic E-state index is 13.2. The standard InChI is InChI=1S/C29H38N6O2/c1-7-20-12-15-25-22(16-20)17-23(28(36)30-25)19-34(18-21-10-13-24(37-6)14-11-21)26(8-2)27-31-32-33-35(27)29(4,5)9-3/h10-17,26H,7-9,18-19H2,1-6H3,(H,30,36). The third-order valence-electron chi connectivity index (χ3n) is 7.37. The molecule has 0 bridgehead atoms. The predicted molar refractivity (Wildman–Crippen MR) is 147 cm³/mol. The summed E-state index contributed by atoms with van der Waals surface area (Å²) < 4.78 is 7.29. The molecule has 196 valence electrons. The van der Waals surface area contributed by atoms with Crippen LogP contribution >= 0.6 is 0 Å². The average Bonchev–Trinajstić information content (AvgIpc) is 3.40. The van der Waals surface area contributed by atoms with Crippen LogP contribution in [-0.2, 0) is 25.0 Å². The van der Waals surface area contributed by atoms with E-state index in [0.29, 0.717) is 13.1 Å².